The standard InChI is InChI=1S/C25H17BrCl2N2O8/c26-16-7-1-13(2-8-16)21(31)29-30-22(32)19(37-24(35)14-3-9-17(27)10-4-14)20(23(33)34)38-25(36)15-5-11-18(28)12-6-15/h1-12,19-20H,(H,29,31)(H,30,32)(H,33,34)/t19-,20-/m0/s1. The lowest BCUT2D eigenvalue weighted by atomic mass is 10.1. The van der Waals surface area contributed by atoms with Crippen molar-refractivity contribution in [2.75, 3.05) is 0 Å². The molecule has 13 heteroatoms. The summed E-state index contributed by atoms with van der Waals surface area (Å²) in [6.07, 6.45) is -4.50. The quantitative estimate of drug-likeness (QED) is 0.251. The largest absolute Gasteiger partial charge is 0.478 e. The van der Waals surface area contributed by atoms with Crippen LogP contribution in [-0.4, -0.2) is 47.0 Å². The van der Waals surface area contributed by atoms with Crippen LogP contribution in [0.4, 0.5) is 0 Å². The number of halogens is 3. The maximum Gasteiger partial charge on any atom is 0.349 e. The molecule has 0 bridgehead atoms. The molecule has 0 aliphatic carbocycles. The monoisotopic (exact) mass is 622 g/mol. The van der Waals surface area contributed by atoms with Crippen molar-refractivity contribution in [3.8, 4) is 0 Å². The van der Waals surface area contributed by atoms with Gasteiger partial charge < -0.3 is 14.6 Å². The third-order valence-corrected chi connectivity index (χ3v) is 5.84. The molecule has 0 saturated heterocycles. The van der Waals surface area contributed by atoms with Crippen molar-refractivity contribution in [1.82, 2.24) is 10.9 Å². The highest BCUT2D eigenvalue weighted by Gasteiger charge is 2.41. The summed E-state index contributed by atoms with van der Waals surface area (Å²) in [6, 6.07) is 16.7. The lowest BCUT2D eigenvalue weighted by Gasteiger charge is -2.23. The zero-order valence-corrected chi connectivity index (χ0v) is 22.1. The number of carboxylic acids is 1. The molecule has 3 aromatic rings. The first-order valence-electron chi connectivity index (χ1n) is 10.6. The number of esters is 2. The van der Waals surface area contributed by atoms with Crippen LogP contribution in [0.5, 0.6) is 0 Å². The van der Waals surface area contributed by atoms with Crippen LogP contribution in [0.1, 0.15) is 31.1 Å². The molecule has 3 rings (SSSR count). The SMILES string of the molecule is O=C(NNC(=O)[C@@H](OC(=O)c1ccc(Cl)cc1)[C@H](OC(=O)c1ccc(Cl)cc1)C(=O)O)c1ccc(Br)cc1. The van der Waals surface area contributed by atoms with Crippen LogP contribution >= 0.6 is 39.1 Å². The number of hydrogen-bond acceptors (Lipinski definition) is 7. The van der Waals surface area contributed by atoms with Crippen LogP contribution in [0.2, 0.25) is 10.0 Å². The van der Waals surface area contributed by atoms with E-state index in [0.717, 1.165) is 0 Å². The zero-order chi connectivity index (χ0) is 27.8. The topological polar surface area (TPSA) is 148 Å². The van der Waals surface area contributed by atoms with E-state index in [2.05, 4.69) is 21.4 Å². The van der Waals surface area contributed by atoms with E-state index >= 15 is 0 Å². The van der Waals surface area contributed by atoms with Crippen molar-refractivity contribution >= 4 is 68.9 Å². The van der Waals surface area contributed by atoms with Crippen molar-refractivity contribution in [1.29, 1.82) is 0 Å². The van der Waals surface area contributed by atoms with E-state index in [4.69, 9.17) is 32.7 Å². The Morgan fingerprint density at radius 1 is 0.658 bits per heavy atom. The summed E-state index contributed by atoms with van der Waals surface area (Å²) in [4.78, 5) is 62.7. The Balaban J connectivity index is 1.84. The fraction of sp³-hybridized carbons (Fsp3) is 0.0800. The van der Waals surface area contributed by atoms with Crippen molar-refractivity contribution in [3.63, 3.8) is 0 Å². The summed E-state index contributed by atoms with van der Waals surface area (Å²) < 4.78 is 10.9. The Bertz CT molecular complexity index is 1350. The van der Waals surface area contributed by atoms with Crippen LogP contribution in [-0.2, 0) is 19.1 Å². The minimum absolute atomic E-state index is 0.0701. The third kappa shape index (κ3) is 7.78. The molecular formula is C25H17BrCl2N2O8. The number of amides is 2. The predicted molar refractivity (Wildman–Crippen MR) is 139 cm³/mol. The van der Waals surface area contributed by atoms with E-state index in [9.17, 15) is 29.1 Å². The number of aliphatic carboxylic acids is 1. The molecule has 0 aromatic heterocycles. The molecule has 38 heavy (non-hydrogen) atoms. The van der Waals surface area contributed by atoms with Gasteiger partial charge in [-0.1, -0.05) is 39.1 Å². The maximum atomic E-state index is 13.0. The lowest BCUT2D eigenvalue weighted by Crippen LogP contribution is -2.54. The molecule has 0 heterocycles. The van der Waals surface area contributed by atoms with Crippen LogP contribution < -0.4 is 10.9 Å². The van der Waals surface area contributed by atoms with Gasteiger partial charge in [0.2, 0.25) is 12.2 Å². The summed E-state index contributed by atoms with van der Waals surface area (Å²) >= 11 is 14.8. The predicted octanol–water partition coefficient (Wildman–Crippen LogP) is 4.05. The minimum Gasteiger partial charge on any atom is -0.478 e. The Hall–Kier alpha value is -3.93. The molecule has 0 unspecified atom stereocenters. The van der Waals surface area contributed by atoms with Gasteiger partial charge in [-0.3, -0.25) is 20.4 Å². The van der Waals surface area contributed by atoms with Crippen molar-refractivity contribution in [3.05, 3.63) is 104 Å². The van der Waals surface area contributed by atoms with Crippen molar-refractivity contribution < 1.29 is 38.6 Å². The lowest BCUT2D eigenvalue weighted by molar-refractivity contribution is -0.159. The van der Waals surface area contributed by atoms with Crippen LogP contribution in [0.3, 0.4) is 0 Å². The molecule has 0 aliphatic rings. The fourth-order valence-electron chi connectivity index (χ4n) is 2.90. The van der Waals surface area contributed by atoms with Gasteiger partial charge in [0.05, 0.1) is 11.1 Å². The first-order chi connectivity index (χ1) is 18.0. The van der Waals surface area contributed by atoms with E-state index < -0.39 is 41.9 Å². The first kappa shape index (κ1) is 28.6. The highest BCUT2D eigenvalue weighted by Crippen LogP contribution is 2.17. The Morgan fingerprint density at radius 3 is 1.53 bits per heavy atom. The molecule has 10 nitrogen and oxygen atoms in total. The molecule has 2 amide bonds. The molecule has 3 aromatic carbocycles. The van der Waals surface area contributed by atoms with Crippen LogP contribution in [0, 0.1) is 0 Å². The van der Waals surface area contributed by atoms with E-state index in [1.54, 1.807) is 12.1 Å². The number of nitrogens with one attached hydrogen (secondary N) is 2. The number of hydrogen-bond donors (Lipinski definition) is 3. The van der Waals surface area contributed by atoms with Gasteiger partial charge in [0, 0.05) is 20.1 Å². The molecule has 0 aliphatic heterocycles. The number of ether oxygens (including phenoxy) is 2. The number of hydrazine groups is 1. The van der Waals surface area contributed by atoms with Crippen molar-refractivity contribution in [2.45, 2.75) is 12.2 Å². The Labute approximate surface area is 233 Å². The summed E-state index contributed by atoms with van der Waals surface area (Å²) in [6.45, 7) is 0. The molecule has 3 N–H and O–H groups in total. The number of benzene rings is 3. The highest BCUT2D eigenvalue weighted by molar-refractivity contribution is 9.10. The Morgan fingerprint density at radius 2 is 1.08 bits per heavy atom. The van der Waals surface area contributed by atoms with Gasteiger partial charge in [0.15, 0.2) is 0 Å². The molecule has 196 valence electrons. The van der Waals surface area contributed by atoms with E-state index in [1.165, 1.54) is 60.7 Å². The number of rotatable bonds is 8. The molecule has 2 atom stereocenters. The molecule has 0 saturated carbocycles. The molecular weight excluding hydrogens is 607 g/mol. The van der Waals surface area contributed by atoms with E-state index in [1.807, 2.05) is 5.43 Å². The second-order valence-corrected chi connectivity index (χ2v) is 9.24. The molecule has 0 radical (unpaired) electrons. The van der Waals surface area contributed by atoms with Gasteiger partial charge in [-0.05, 0) is 72.8 Å². The summed E-state index contributed by atoms with van der Waals surface area (Å²) in [5, 5.41) is 10.4. The zero-order valence-electron chi connectivity index (χ0n) is 19.0. The number of carbonyl (C=O) groups excluding carboxylic acids is 4. The van der Waals surface area contributed by atoms with Crippen molar-refractivity contribution in [2.24, 2.45) is 0 Å². The van der Waals surface area contributed by atoms with Gasteiger partial charge in [-0.15, -0.1) is 0 Å². The number of carboxylic acid groups (broad SMARTS) is 1. The van der Waals surface area contributed by atoms with Gasteiger partial charge in [-0.2, -0.15) is 0 Å². The second kappa shape index (κ2) is 13.0. The van der Waals surface area contributed by atoms with Gasteiger partial charge in [0.1, 0.15) is 0 Å². The van der Waals surface area contributed by atoms with Crippen LogP contribution in [0.25, 0.3) is 0 Å². The van der Waals surface area contributed by atoms with Crippen LogP contribution in [0.15, 0.2) is 77.3 Å². The normalized spacial score (nSPS) is 12.0. The first-order valence-corrected chi connectivity index (χ1v) is 12.1. The summed E-state index contributed by atoms with van der Waals surface area (Å²) in [5.41, 5.74) is 4.10. The third-order valence-electron chi connectivity index (χ3n) is 4.81. The second-order valence-electron chi connectivity index (χ2n) is 7.45. The maximum absolute atomic E-state index is 13.0. The average Bonchev–Trinajstić information content (AvgIpc) is 2.89. The van der Waals surface area contributed by atoms with E-state index in [0.29, 0.717) is 14.5 Å². The van der Waals surface area contributed by atoms with Gasteiger partial charge in [-0.25, -0.2) is 14.4 Å². The van der Waals surface area contributed by atoms with E-state index in [-0.39, 0.29) is 16.7 Å². The summed E-state index contributed by atoms with van der Waals surface area (Å²) in [7, 11) is 0. The fourth-order valence-corrected chi connectivity index (χ4v) is 3.41. The number of carbonyl (C=O) groups is 5. The average molecular weight is 624 g/mol. The van der Waals surface area contributed by atoms with Gasteiger partial charge >= 0.3 is 17.9 Å². The highest BCUT2D eigenvalue weighted by atomic mass is 79.9. The minimum atomic E-state index is -2.29. The smallest absolute Gasteiger partial charge is 0.349 e. The Kier molecular flexibility index (Phi) is 9.83. The molecule has 0 fully saturated rings. The summed E-state index contributed by atoms with van der Waals surface area (Å²) in [5.74, 6) is -6.08. The van der Waals surface area contributed by atoms with Gasteiger partial charge in [0.25, 0.3) is 11.8 Å². The molecule has 0 spiro atoms.